The lowest BCUT2D eigenvalue weighted by atomic mass is 10.1. The smallest absolute Gasteiger partial charge is 0.123 e. The third kappa shape index (κ3) is 2.46. The summed E-state index contributed by atoms with van der Waals surface area (Å²) >= 11 is 3.47. The Balaban J connectivity index is 2.41. The Morgan fingerprint density at radius 1 is 1.50 bits per heavy atom. The van der Waals surface area contributed by atoms with Gasteiger partial charge < -0.3 is 4.98 Å². The van der Waals surface area contributed by atoms with E-state index in [0.29, 0.717) is 0 Å². The van der Waals surface area contributed by atoms with Crippen LogP contribution in [0.5, 0.6) is 0 Å². The number of aromatic amines is 1. The van der Waals surface area contributed by atoms with Gasteiger partial charge in [-0.2, -0.15) is 5.26 Å². The molecule has 0 aliphatic rings. The zero-order chi connectivity index (χ0) is 13.1. The maximum absolute atomic E-state index is 9.04. The number of nitriles is 1. The van der Waals surface area contributed by atoms with Crippen LogP contribution in [0, 0.1) is 18.3 Å². The molecule has 1 aromatic carbocycles. The molecule has 0 saturated heterocycles. The summed E-state index contributed by atoms with van der Waals surface area (Å²) in [5, 5.41) is 9.04. The molecule has 4 heteroatoms. The van der Waals surface area contributed by atoms with Gasteiger partial charge in [-0.25, -0.2) is 4.98 Å². The molecule has 92 valence electrons. The number of H-pyrrole nitrogens is 1. The second kappa shape index (κ2) is 5.36. The van der Waals surface area contributed by atoms with Crippen molar-refractivity contribution in [1.82, 2.24) is 9.97 Å². The first kappa shape index (κ1) is 12.8. The molecule has 1 atom stereocenters. The first-order valence-electron chi connectivity index (χ1n) is 5.86. The minimum Gasteiger partial charge on any atom is -0.341 e. The molecule has 0 amide bonds. The standard InChI is InChI=1S/C14H14BrN3/c1-3-10(7-16)14-17-8-13(18-14)12-6-11(15)5-4-9(12)2/h4-6,8,10H,3H2,1-2H3,(H,17,18). The molecule has 0 radical (unpaired) electrons. The van der Waals surface area contributed by atoms with E-state index >= 15 is 0 Å². The number of nitrogens with zero attached hydrogens (tertiary/aromatic N) is 2. The normalized spacial score (nSPS) is 12.1. The van der Waals surface area contributed by atoms with Crippen molar-refractivity contribution in [3.63, 3.8) is 0 Å². The number of rotatable bonds is 3. The molecule has 0 bridgehead atoms. The topological polar surface area (TPSA) is 52.5 Å². The van der Waals surface area contributed by atoms with Crippen LogP contribution in [0.1, 0.15) is 30.7 Å². The summed E-state index contributed by atoms with van der Waals surface area (Å²) in [6.45, 7) is 4.05. The number of halogens is 1. The van der Waals surface area contributed by atoms with Crippen LogP contribution in [0.3, 0.4) is 0 Å². The highest BCUT2D eigenvalue weighted by Crippen LogP contribution is 2.27. The van der Waals surface area contributed by atoms with Gasteiger partial charge in [0.25, 0.3) is 0 Å². The minimum atomic E-state index is -0.161. The van der Waals surface area contributed by atoms with Gasteiger partial charge in [-0.1, -0.05) is 28.9 Å². The molecule has 2 rings (SSSR count). The van der Waals surface area contributed by atoms with Crippen molar-refractivity contribution in [1.29, 1.82) is 5.26 Å². The summed E-state index contributed by atoms with van der Waals surface area (Å²) in [4.78, 5) is 7.56. The molecule has 0 spiro atoms. The Bertz CT molecular complexity index is 595. The van der Waals surface area contributed by atoms with Crippen molar-refractivity contribution in [2.45, 2.75) is 26.2 Å². The van der Waals surface area contributed by atoms with Gasteiger partial charge in [-0.05, 0) is 31.0 Å². The molecule has 0 fully saturated rings. The van der Waals surface area contributed by atoms with E-state index in [4.69, 9.17) is 5.26 Å². The van der Waals surface area contributed by atoms with Gasteiger partial charge in [0.05, 0.1) is 18.0 Å². The van der Waals surface area contributed by atoms with Crippen LogP contribution in [0.15, 0.2) is 28.9 Å². The number of hydrogen-bond acceptors (Lipinski definition) is 2. The predicted octanol–water partition coefficient (Wildman–Crippen LogP) is 4.16. The Labute approximate surface area is 115 Å². The highest BCUT2D eigenvalue weighted by atomic mass is 79.9. The molecule has 3 nitrogen and oxygen atoms in total. The predicted molar refractivity (Wildman–Crippen MR) is 75.1 cm³/mol. The van der Waals surface area contributed by atoms with Gasteiger partial charge >= 0.3 is 0 Å². The number of imidazole rings is 1. The lowest BCUT2D eigenvalue weighted by Crippen LogP contribution is -1.96. The fourth-order valence-electron chi connectivity index (χ4n) is 1.88. The highest BCUT2D eigenvalue weighted by molar-refractivity contribution is 9.10. The summed E-state index contributed by atoms with van der Waals surface area (Å²) in [7, 11) is 0. The van der Waals surface area contributed by atoms with E-state index in [9.17, 15) is 0 Å². The Morgan fingerprint density at radius 3 is 2.94 bits per heavy atom. The fourth-order valence-corrected chi connectivity index (χ4v) is 2.24. The fraction of sp³-hybridized carbons (Fsp3) is 0.286. The molecular weight excluding hydrogens is 290 g/mol. The van der Waals surface area contributed by atoms with E-state index in [1.165, 1.54) is 5.56 Å². The zero-order valence-electron chi connectivity index (χ0n) is 10.4. The number of aromatic nitrogens is 2. The summed E-state index contributed by atoms with van der Waals surface area (Å²) in [6, 6.07) is 8.38. The van der Waals surface area contributed by atoms with Crippen LogP contribution in [-0.4, -0.2) is 9.97 Å². The van der Waals surface area contributed by atoms with Crippen LogP contribution < -0.4 is 0 Å². The van der Waals surface area contributed by atoms with E-state index in [2.05, 4.69) is 51.0 Å². The summed E-state index contributed by atoms with van der Waals surface area (Å²) in [5.41, 5.74) is 3.24. The van der Waals surface area contributed by atoms with Gasteiger partial charge in [0.15, 0.2) is 0 Å². The van der Waals surface area contributed by atoms with Gasteiger partial charge in [0, 0.05) is 10.0 Å². The molecule has 2 aromatic rings. The Morgan fingerprint density at radius 2 is 2.28 bits per heavy atom. The first-order valence-corrected chi connectivity index (χ1v) is 6.66. The molecule has 0 aliphatic heterocycles. The van der Waals surface area contributed by atoms with Gasteiger partial charge in [-0.15, -0.1) is 0 Å². The van der Waals surface area contributed by atoms with Crippen molar-refractivity contribution in [2.75, 3.05) is 0 Å². The molecule has 1 aromatic heterocycles. The third-order valence-electron chi connectivity index (χ3n) is 2.98. The summed E-state index contributed by atoms with van der Waals surface area (Å²) < 4.78 is 1.03. The van der Waals surface area contributed by atoms with Crippen molar-refractivity contribution >= 4 is 15.9 Å². The molecule has 0 saturated carbocycles. The SMILES string of the molecule is CCC(C#N)c1ncc(-c2cc(Br)ccc2C)[nH]1. The van der Waals surface area contributed by atoms with Crippen LogP contribution in [0.4, 0.5) is 0 Å². The molecule has 18 heavy (non-hydrogen) atoms. The maximum Gasteiger partial charge on any atom is 0.123 e. The zero-order valence-corrected chi connectivity index (χ0v) is 12.0. The second-order valence-electron chi connectivity index (χ2n) is 4.23. The van der Waals surface area contributed by atoms with E-state index in [0.717, 1.165) is 28.0 Å². The molecule has 1 unspecified atom stereocenters. The van der Waals surface area contributed by atoms with Gasteiger partial charge in [0.1, 0.15) is 11.7 Å². The Kier molecular flexibility index (Phi) is 3.83. The number of nitrogens with one attached hydrogen (secondary N) is 1. The van der Waals surface area contributed by atoms with E-state index in [-0.39, 0.29) is 5.92 Å². The maximum atomic E-state index is 9.04. The van der Waals surface area contributed by atoms with Gasteiger partial charge in [0.2, 0.25) is 0 Å². The first-order chi connectivity index (χ1) is 8.65. The van der Waals surface area contributed by atoms with Crippen molar-refractivity contribution in [3.05, 3.63) is 40.3 Å². The van der Waals surface area contributed by atoms with E-state index in [1.54, 1.807) is 6.20 Å². The van der Waals surface area contributed by atoms with E-state index < -0.39 is 0 Å². The van der Waals surface area contributed by atoms with Crippen LogP contribution in [0.25, 0.3) is 11.3 Å². The highest BCUT2D eigenvalue weighted by Gasteiger charge is 2.13. The number of benzene rings is 1. The third-order valence-corrected chi connectivity index (χ3v) is 3.47. The average Bonchev–Trinajstić information content (AvgIpc) is 2.83. The second-order valence-corrected chi connectivity index (χ2v) is 5.15. The van der Waals surface area contributed by atoms with Crippen molar-refractivity contribution < 1.29 is 0 Å². The molecule has 1 heterocycles. The molecule has 0 aliphatic carbocycles. The number of hydrogen-bond donors (Lipinski definition) is 1. The monoisotopic (exact) mass is 303 g/mol. The quantitative estimate of drug-likeness (QED) is 0.925. The van der Waals surface area contributed by atoms with E-state index in [1.807, 2.05) is 13.0 Å². The van der Waals surface area contributed by atoms with Crippen LogP contribution in [0.2, 0.25) is 0 Å². The summed E-state index contributed by atoms with van der Waals surface area (Å²) in [5.74, 6) is 0.584. The van der Waals surface area contributed by atoms with Crippen LogP contribution in [-0.2, 0) is 0 Å². The lowest BCUT2D eigenvalue weighted by Gasteiger charge is -2.04. The lowest BCUT2D eigenvalue weighted by molar-refractivity contribution is 0.766. The minimum absolute atomic E-state index is 0.161. The molecular formula is C14H14BrN3. The van der Waals surface area contributed by atoms with Gasteiger partial charge in [-0.3, -0.25) is 0 Å². The van der Waals surface area contributed by atoms with Crippen LogP contribution >= 0.6 is 15.9 Å². The van der Waals surface area contributed by atoms with Crippen molar-refractivity contribution in [2.24, 2.45) is 0 Å². The molecule has 1 N–H and O–H groups in total. The Hall–Kier alpha value is -1.60. The number of aryl methyl sites for hydroxylation is 1. The largest absolute Gasteiger partial charge is 0.341 e. The summed E-state index contributed by atoms with van der Waals surface area (Å²) in [6.07, 6.45) is 2.56. The average molecular weight is 304 g/mol. The van der Waals surface area contributed by atoms with Crippen molar-refractivity contribution in [3.8, 4) is 17.3 Å².